The molecular formula is C14H28N2. The molecule has 0 aromatic carbocycles. The Hall–Kier alpha value is -0.0800. The molecule has 1 unspecified atom stereocenters. The molecule has 1 N–H and O–H groups in total. The molecule has 0 amide bonds. The zero-order valence-electron chi connectivity index (χ0n) is 11.3. The predicted octanol–water partition coefficient (Wildman–Crippen LogP) is 2.35. The van der Waals surface area contributed by atoms with Crippen molar-refractivity contribution in [2.75, 3.05) is 32.7 Å². The van der Waals surface area contributed by atoms with Gasteiger partial charge in [0.15, 0.2) is 0 Å². The van der Waals surface area contributed by atoms with Crippen LogP contribution in [0.1, 0.15) is 40.0 Å². The Kier molecular flexibility index (Phi) is 3.91. The highest BCUT2D eigenvalue weighted by atomic mass is 15.1. The van der Waals surface area contributed by atoms with Crippen LogP contribution in [0, 0.1) is 17.3 Å². The molecule has 94 valence electrons. The topological polar surface area (TPSA) is 15.3 Å². The smallest absolute Gasteiger partial charge is 0.00106 e. The van der Waals surface area contributed by atoms with Gasteiger partial charge < -0.3 is 10.2 Å². The average Bonchev–Trinajstić information content (AvgIpc) is 2.19. The predicted molar refractivity (Wildman–Crippen MR) is 69.6 cm³/mol. The molecule has 2 aliphatic heterocycles. The Morgan fingerprint density at radius 1 is 1.31 bits per heavy atom. The molecule has 0 spiro atoms. The third-order valence-corrected chi connectivity index (χ3v) is 5.08. The van der Waals surface area contributed by atoms with Crippen molar-refractivity contribution in [3.63, 3.8) is 0 Å². The summed E-state index contributed by atoms with van der Waals surface area (Å²) in [5.41, 5.74) is 0.637. The lowest BCUT2D eigenvalue weighted by molar-refractivity contribution is 0.0863. The SMILES string of the molecule is CCC1(C)CCN(CC(C)C2CNC2)CC1. The molecule has 0 aliphatic carbocycles. The Labute approximate surface area is 101 Å². The van der Waals surface area contributed by atoms with Crippen LogP contribution in [0.2, 0.25) is 0 Å². The normalized spacial score (nSPS) is 28.7. The molecule has 2 fully saturated rings. The van der Waals surface area contributed by atoms with Crippen LogP contribution in [0.4, 0.5) is 0 Å². The van der Waals surface area contributed by atoms with E-state index in [9.17, 15) is 0 Å². The first-order chi connectivity index (χ1) is 7.63. The van der Waals surface area contributed by atoms with Crippen molar-refractivity contribution in [2.45, 2.75) is 40.0 Å². The Morgan fingerprint density at radius 3 is 2.38 bits per heavy atom. The molecule has 2 rings (SSSR count). The first kappa shape index (κ1) is 12.4. The van der Waals surface area contributed by atoms with Crippen LogP contribution in [-0.4, -0.2) is 37.6 Å². The monoisotopic (exact) mass is 224 g/mol. The van der Waals surface area contributed by atoms with Gasteiger partial charge >= 0.3 is 0 Å². The van der Waals surface area contributed by atoms with Gasteiger partial charge in [0, 0.05) is 6.54 Å². The molecule has 2 aliphatic rings. The number of rotatable bonds is 4. The summed E-state index contributed by atoms with van der Waals surface area (Å²) in [6.45, 7) is 13.7. The van der Waals surface area contributed by atoms with Crippen LogP contribution in [-0.2, 0) is 0 Å². The van der Waals surface area contributed by atoms with E-state index in [0.717, 1.165) is 11.8 Å². The Balaban J connectivity index is 1.72. The van der Waals surface area contributed by atoms with E-state index in [0.29, 0.717) is 5.41 Å². The van der Waals surface area contributed by atoms with Crippen LogP contribution >= 0.6 is 0 Å². The van der Waals surface area contributed by atoms with Crippen molar-refractivity contribution >= 4 is 0 Å². The van der Waals surface area contributed by atoms with Gasteiger partial charge in [0.05, 0.1) is 0 Å². The van der Waals surface area contributed by atoms with Gasteiger partial charge in [0.1, 0.15) is 0 Å². The molecule has 2 heterocycles. The van der Waals surface area contributed by atoms with Crippen molar-refractivity contribution in [1.29, 1.82) is 0 Å². The number of hydrogen-bond donors (Lipinski definition) is 1. The highest BCUT2D eigenvalue weighted by Crippen LogP contribution is 2.34. The number of nitrogens with zero attached hydrogens (tertiary/aromatic N) is 1. The molecule has 0 radical (unpaired) electrons. The molecule has 16 heavy (non-hydrogen) atoms. The van der Waals surface area contributed by atoms with Gasteiger partial charge in [-0.15, -0.1) is 0 Å². The molecule has 2 nitrogen and oxygen atoms in total. The lowest BCUT2D eigenvalue weighted by Gasteiger charge is -2.42. The van der Waals surface area contributed by atoms with Crippen molar-refractivity contribution in [2.24, 2.45) is 17.3 Å². The maximum atomic E-state index is 3.38. The zero-order valence-corrected chi connectivity index (χ0v) is 11.3. The molecule has 0 aromatic heterocycles. The van der Waals surface area contributed by atoms with Crippen LogP contribution < -0.4 is 5.32 Å². The molecule has 1 atom stereocenters. The molecule has 0 aromatic rings. The maximum Gasteiger partial charge on any atom is 0.00106 e. The van der Waals surface area contributed by atoms with Crippen LogP contribution in [0.3, 0.4) is 0 Å². The summed E-state index contributed by atoms with van der Waals surface area (Å²) in [5.74, 6) is 1.83. The minimum atomic E-state index is 0.637. The van der Waals surface area contributed by atoms with Crippen LogP contribution in [0.25, 0.3) is 0 Å². The van der Waals surface area contributed by atoms with Gasteiger partial charge in [0.2, 0.25) is 0 Å². The fourth-order valence-electron chi connectivity index (χ4n) is 2.90. The van der Waals surface area contributed by atoms with Gasteiger partial charge in [0.25, 0.3) is 0 Å². The first-order valence-corrected chi connectivity index (χ1v) is 7.06. The summed E-state index contributed by atoms with van der Waals surface area (Å²) < 4.78 is 0. The molecule has 0 bridgehead atoms. The number of nitrogens with one attached hydrogen (secondary N) is 1. The van der Waals surface area contributed by atoms with Gasteiger partial charge in [-0.2, -0.15) is 0 Å². The van der Waals surface area contributed by atoms with E-state index in [4.69, 9.17) is 0 Å². The van der Waals surface area contributed by atoms with E-state index < -0.39 is 0 Å². The van der Waals surface area contributed by atoms with E-state index in [1.54, 1.807) is 0 Å². The minimum Gasteiger partial charge on any atom is -0.316 e. The highest BCUT2D eigenvalue weighted by Gasteiger charge is 2.30. The standard InChI is InChI=1S/C14H28N2/c1-4-14(3)5-7-16(8-6-14)11-12(2)13-9-15-10-13/h12-13,15H,4-11H2,1-3H3. The summed E-state index contributed by atoms with van der Waals surface area (Å²) in [6.07, 6.45) is 4.15. The van der Waals surface area contributed by atoms with E-state index in [1.807, 2.05) is 0 Å². The third kappa shape index (κ3) is 2.78. The molecule has 2 heteroatoms. The molecule has 0 saturated carbocycles. The average molecular weight is 224 g/mol. The minimum absolute atomic E-state index is 0.637. The van der Waals surface area contributed by atoms with Gasteiger partial charge in [-0.1, -0.05) is 27.2 Å². The van der Waals surface area contributed by atoms with E-state index in [2.05, 4.69) is 31.0 Å². The van der Waals surface area contributed by atoms with Gasteiger partial charge in [-0.25, -0.2) is 0 Å². The maximum absolute atomic E-state index is 3.38. The zero-order chi connectivity index (χ0) is 11.6. The summed E-state index contributed by atoms with van der Waals surface area (Å²) in [7, 11) is 0. The quantitative estimate of drug-likeness (QED) is 0.788. The number of hydrogen-bond acceptors (Lipinski definition) is 2. The lowest BCUT2D eigenvalue weighted by Crippen LogP contribution is -2.49. The van der Waals surface area contributed by atoms with E-state index in [1.165, 1.54) is 52.0 Å². The van der Waals surface area contributed by atoms with Crippen molar-refractivity contribution in [3.8, 4) is 0 Å². The van der Waals surface area contributed by atoms with E-state index >= 15 is 0 Å². The summed E-state index contributed by atoms with van der Waals surface area (Å²) in [4.78, 5) is 2.69. The second kappa shape index (κ2) is 5.05. The Morgan fingerprint density at radius 2 is 1.94 bits per heavy atom. The van der Waals surface area contributed by atoms with E-state index in [-0.39, 0.29) is 0 Å². The van der Waals surface area contributed by atoms with Crippen molar-refractivity contribution < 1.29 is 0 Å². The highest BCUT2D eigenvalue weighted by molar-refractivity contribution is 4.85. The third-order valence-electron chi connectivity index (χ3n) is 5.08. The lowest BCUT2D eigenvalue weighted by atomic mass is 9.78. The fourth-order valence-corrected chi connectivity index (χ4v) is 2.90. The van der Waals surface area contributed by atoms with Gasteiger partial charge in [-0.05, 0) is 56.3 Å². The number of piperidine rings is 1. The van der Waals surface area contributed by atoms with Crippen LogP contribution in [0.5, 0.6) is 0 Å². The second-order valence-corrected chi connectivity index (χ2v) is 6.36. The summed E-state index contributed by atoms with van der Waals surface area (Å²) in [6, 6.07) is 0. The summed E-state index contributed by atoms with van der Waals surface area (Å²) >= 11 is 0. The first-order valence-electron chi connectivity index (χ1n) is 7.06. The van der Waals surface area contributed by atoms with Gasteiger partial charge in [-0.3, -0.25) is 0 Å². The largest absolute Gasteiger partial charge is 0.316 e. The summed E-state index contributed by atoms with van der Waals surface area (Å²) in [5, 5.41) is 3.38. The molecule has 2 saturated heterocycles. The Bertz CT molecular complexity index is 215. The van der Waals surface area contributed by atoms with Crippen molar-refractivity contribution in [1.82, 2.24) is 10.2 Å². The fraction of sp³-hybridized carbons (Fsp3) is 1.00. The van der Waals surface area contributed by atoms with Crippen molar-refractivity contribution in [3.05, 3.63) is 0 Å². The second-order valence-electron chi connectivity index (χ2n) is 6.36. The molecular weight excluding hydrogens is 196 g/mol. The van der Waals surface area contributed by atoms with Crippen LogP contribution in [0.15, 0.2) is 0 Å². The number of likely N-dealkylation sites (tertiary alicyclic amines) is 1.